The average Bonchev–Trinajstić information content (AvgIpc) is 2.95. The third-order valence-corrected chi connectivity index (χ3v) is 3.64. The molecule has 0 unspecified atom stereocenters. The van der Waals surface area contributed by atoms with Crippen LogP contribution in [0.5, 0.6) is 0 Å². The Bertz CT molecular complexity index is 877. The van der Waals surface area contributed by atoms with Crippen molar-refractivity contribution in [3.8, 4) is 11.5 Å². The highest BCUT2D eigenvalue weighted by Gasteiger charge is 2.15. The molecule has 0 saturated heterocycles. The maximum atomic E-state index is 12.1. The Morgan fingerprint density at radius 2 is 1.96 bits per heavy atom. The van der Waals surface area contributed by atoms with Crippen LogP contribution in [0.1, 0.15) is 15.9 Å². The Balaban J connectivity index is 1.81. The maximum Gasteiger partial charge on any atom is 0.322 e. The van der Waals surface area contributed by atoms with Crippen LogP contribution in [0.15, 0.2) is 46.9 Å². The van der Waals surface area contributed by atoms with E-state index >= 15 is 0 Å². The van der Waals surface area contributed by atoms with Crippen LogP contribution in [0.2, 0.25) is 10.0 Å². The summed E-state index contributed by atoms with van der Waals surface area (Å²) in [6.45, 7) is 1.91. The Morgan fingerprint density at radius 1 is 1.13 bits per heavy atom. The van der Waals surface area contributed by atoms with Crippen LogP contribution >= 0.6 is 23.2 Å². The quantitative estimate of drug-likeness (QED) is 0.751. The largest absolute Gasteiger partial charge is 0.403 e. The van der Waals surface area contributed by atoms with E-state index in [0.29, 0.717) is 21.2 Å². The van der Waals surface area contributed by atoms with Gasteiger partial charge in [0.05, 0.1) is 10.6 Å². The number of carbonyl (C=O) groups is 1. The minimum Gasteiger partial charge on any atom is -0.403 e. The molecule has 0 saturated carbocycles. The van der Waals surface area contributed by atoms with E-state index in [-0.39, 0.29) is 17.8 Å². The third kappa shape index (κ3) is 3.52. The van der Waals surface area contributed by atoms with Crippen molar-refractivity contribution in [3.05, 3.63) is 63.6 Å². The van der Waals surface area contributed by atoms with Gasteiger partial charge >= 0.3 is 6.01 Å². The first-order valence-electron chi connectivity index (χ1n) is 6.70. The molecule has 1 heterocycles. The van der Waals surface area contributed by atoms with Crippen molar-refractivity contribution >= 4 is 35.1 Å². The Labute approximate surface area is 142 Å². The highest BCUT2D eigenvalue weighted by atomic mass is 35.5. The fourth-order valence-corrected chi connectivity index (χ4v) is 2.49. The van der Waals surface area contributed by atoms with E-state index in [9.17, 15) is 4.79 Å². The summed E-state index contributed by atoms with van der Waals surface area (Å²) in [5.74, 6) is -0.127. The fraction of sp³-hybridized carbons (Fsp3) is 0.0625. The van der Waals surface area contributed by atoms with Gasteiger partial charge in [-0.1, -0.05) is 46.0 Å². The van der Waals surface area contributed by atoms with E-state index in [4.69, 9.17) is 27.6 Å². The molecule has 116 valence electrons. The van der Waals surface area contributed by atoms with Gasteiger partial charge < -0.3 is 4.42 Å². The van der Waals surface area contributed by atoms with Crippen molar-refractivity contribution in [2.75, 3.05) is 5.32 Å². The molecule has 7 heteroatoms. The van der Waals surface area contributed by atoms with Crippen LogP contribution in [0.3, 0.4) is 0 Å². The summed E-state index contributed by atoms with van der Waals surface area (Å²) in [5, 5.41) is 11.1. The van der Waals surface area contributed by atoms with Crippen molar-refractivity contribution in [1.29, 1.82) is 0 Å². The highest BCUT2D eigenvalue weighted by molar-refractivity contribution is 6.36. The summed E-state index contributed by atoms with van der Waals surface area (Å²) < 4.78 is 5.43. The lowest BCUT2D eigenvalue weighted by molar-refractivity contribution is 0.102. The molecule has 2 aromatic carbocycles. The molecule has 3 aromatic rings. The number of hydrogen-bond acceptors (Lipinski definition) is 4. The number of rotatable bonds is 3. The predicted octanol–water partition coefficient (Wildman–Crippen LogP) is 4.60. The molecule has 1 amide bonds. The van der Waals surface area contributed by atoms with Crippen LogP contribution in [0.4, 0.5) is 6.01 Å². The fourth-order valence-electron chi connectivity index (χ4n) is 2.00. The zero-order valence-corrected chi connectivity index (χ0v) is 13.5. The summed E-state index contributed by atoms with van der Waals surface area (Å²) >= 11 is 11.9. The van der Waals surface area contributed by atoms with Gasteiger partial charge in [0.2, 0.25) is 0 Å². The first-order valence-corrected chi connectivity index (χ1v) is 7.45. The molecular weight excluding hydrogens is 337 g/mol. The van der Waals surface area contributed by atoms with Gasteiger partial charge in [-0.2, -0.15) is 0 Å². The molecular formula is C16H11Cl2N3O2. The number of hydrogen-bond donors (Lipinski definition) is 1. The summed E-state index contributed by atoms with van der Waals surface area (Å²) in [6, 6.07) is 12.1. The van der Waals surface area contributed by atoms with Crippen molar-refractivity contribution in [1.82, 2.24) is 10.2 Å². The number of nitrogens with zero attached hydrogens (tertiary/aromatic N) is 2. The Hall–Kier alpha value is -2.37. The van der Waals surface area contributed by atoms with E-state index in [1.54, 1.807) is 36.4 Å². The number of benzene rings is 2. The minimum absolute atomic E-state index is 0.00229. The standard InChI is InChI=1S/C16H11Cl2N3O2/c1-9-3-2-4-10(7-9)14(22)19-16-21-20-15(23-16)12-6-5-11(17)8-13(12)18/h2-8H,1H3,(H,19,21,22). The number of halogens is 2. The topological polar surface area (TPSA) is 68.0 Å². The highest BCUT2D eigenvalue weighted by Crippen LogP contribution is 2.30. The molecule has 0 spiro atoms. The third-order valence-electron chi connectivity index (χ3n) is 3.09. The molecule has 0 aliphatic rings. The van der Waals surface area contributed by atoms with Crippen molar-refractivity contribution < 1.29 is 9.21 Å². The summed E-state index contributed by atoms with van der Waals surface area (Å²) in [4.78, 5) is 12.1. The van der Waals surface area contributed by atoms with Crippen LogP contribution in [-0.2, 0) is 0 Å². The SMILES string of the molecule is Cc1cccc(C(=O)Nc2nnc(-c3ccc(Cl)cc3Cl)o2)c1. The lowest BCUT2D eigenvalue weighted by Crippen LogP contribution is -2.12. The first kappa shape index (κ1) is 15.5. The number of nitrogens with one attached hydrogen (secondary N) is 1. The number of anilines is 1. The number of amides is 1. The molecule has 3 rings (SSSR count). The number of aromatic nitrogens is 2. The van der Waals surface area contributed by atoms with Gasteiger partial charge in [0.1, 0.15) is 0 Å². The van der Waals surface area contributed by atoms with E-state index < -0.39 is 0 Å². The minimum atomic E-state index is -0.328. The zero-order chi connectivity index (χ0) is 16.4. The summed E-state index contributed by atoms with van der Waals surface area (Å²) in [7, 11) is 0. The molecule has 0 bridgehead atoms. The van der Waals surface area contributed by atoms with E-state index in [0.717, 1.165) is 5.56 Å². The maximum absolute atomic E-state index is 12.1. The second-order valence-electron chi connectivity index (χ2n) is 4.86. The average molecular weight is 348 g/mol. The first-order chi connectivity index (χ1) is 11.0. The lowest BCUT2D eigenvalue weighted by atomic mass is 10.1. The molecule has 1 aromatic heterocycles. The molecule has 5 nitrogen and oxygen atoms in total. The van der Waals surface area contributed by atoms with Crippen LogP contribution in [0, 0.1) is 6.92 Å². The van der Waals surface area contributed by atoms with E-state index in [1.807, 2.05) is 13.0 Å². The molecule has 0 atom stereocenters. The number of carbonyl (C=O) groups excluding carboxylic acids is 1. The molecule has 0 fully saturated rings. The second-order valence-corrected chi connectivity index (χ2v) is 5.70. The van der Waals surface area contributed by atoms with Crippen LogP contribution < -0.4 is 5.32 Å². The Morgan fingerprint density at radius 3 is 2.70 bits per heavy atom. The zero-order valence-electron chi connectivity index (χ0n) is 12.0. The van der Waals surface area contributed by atoms with Gasteiger partial charge in [-0.15, -0.1) is 5.10 Å². The van der Waals surface area contributed by atoms with Crippen molar-refractivity contribution in [2.24, 2.45) is 0 Å². The van der Waals surface area contributed by atoms with Gasteiger partial charge in [-0.25, -0.2) is 0 Å². The monoisotopic (exact) mass is 347 g/mol. The number of aryl methyl sites for hydroxylation is 1. The molecule has 23 heavy (non-hydrogen) atoms. The molecule has 0 aliphatic heterocycles. The Kier molecular flexibility index (Phi) is 4.32. The summed E-state index contributed by atoms with van der Waals surface area (Å²) in [6.07, 6.45) is 0. The lowest BCUT2D eigenvalue weighted by Gasteiger charge is -2.01. The van der Waals surface area contributed by atoms with Crippen LogP contribution in [-0.4, -0.2) is 16.1 Å². The van der Waals surface area contributed by atoms with E-state index in [1.165, 1.54) is 0 Å². The predicted molar refractivity (Wildman–Crippen MR) is 88.9 cm³/mol. The molecule has 0 aliphatic carbocycles. The van der Waals surface area contributed by atoms with E-state index in [2.05, 4.69) is 15.5 Å². The molecule has 0 radical (unpaired) electrons. The normalized spacial score (nSPS) is 10.6. The van der Waals surface area contributed by atoms with Gasteiger partial charge in [-0.05, 0) is 37.3 Å². The van der Waals surface area contributed by atoms with Crippen LogP contribution in [0.25, 0.3) is 11.5 Å². The van der Waals surface area contributed by atoms with Gasteiger partial charge in [-0.3, -0.25) is 10.1 Å². The molecule has 1 N–H and O–H groups in total. The smallest absolute Gasteiger partial charge is 0.322 e. The van der Waals surface area contributed by atoms with Gasteiger partial charge in [0.15, 0.2) is 0 Å². The second kappa shape index (κ2) is 6.40. The van der Waals surface area contributed by atoms with Gasteiger partial charge in [0.25, 0.3) is 11.8 Å². The van der Waals surface area contributed by atoms with Crippen molar-refractivity contribution in [2.45, 2.75) is 6.92 Å². The van der Waals surface area contributed by atoms with Crippen molar-refractivity contribution in [3.63, 3.8) is 0 Å². The summed E-state index contributed by atoms with van der Waals surface area (Å²) in [5.41, 5.74) is 2.03. The van der Waals surface area contributed by atoms with Gasteiger partial charge in [0, 0.05) is 10.6 Å².